The number of hydrogen-bond acceptors (Lipinski definition) is 4. The second-order valence-corrected chi connectivity index (χ2v) is 7.48. The lowest BCUT2D eigenvalue weighted by Crippen LogP contribution is -2.27. The van der Waals surface area contributed by atoms with E-state index in [0.29, 0.717) is 17.8 Å². The highest BCUT2D eigenvalue weighted by molar-refractivity contribution is 7.12. The minimum absolute atomic E-state index is 0.113. The number of anilines is 1. The molecule has 6 nitrogen and oxygen atoms in total. The molecule has 1 aliphatic carbocycles. The van der Waals surface area contributed by atoms with Crippen LogP contribution >= 0.6 is 11.3 Å². The summed E-state index contributed by atoms with van der Waals surface area (Å²) in [6.07, 6.45) is 2.71. The standard InChI is InChI=1S/C19H20N4O2S/c1-23-15-7-6-13(21-19(25)16-3-2-10-26-16)11-14(15)22-17(23)8-9-20-18(24)12-4-5-12/h2-3,6-7,10-12H,4-5,8-9H2,1H3,(H,20,24)(H,21,25). The van der Waals surface area contributed by atoms with Gasteiger partial charge in [0.25, 0.3) is 5.91 Å². The monoisotopic (exact) mass is 368 g/mol. The highest BCUT2D eigenvalue weighted by atomic mass is 32.1. The van der Waals surface area contributed by atoms with Crippen molar-refractivity contribution in [3.63, 3.8) is 0 Å². The molecule has 0 aliphatic heterocycles. The smallest absolute Gasteiger partial charge is 0.265 e. The van der Waals surface area contributed by atoms with Gasteiger partial charge in [0.1, 0.15) is 5.82 Å². The molecule has 0 atom stereocenters. The minimum Gasteiger partial charge on any atom is -0.355 e. The number of fused-ring (bicyclic) bond motifs is 1. The van der Waals surface area contributed by atoms with Crippen molar-refractivity contribution in [1.29, 1.82) is 0 Å². The summed E-state index contributed by atoms with van der Waals surface area (Å²) in [4.78, 5) is 29.2. The van der Waals surface area contributed by atoms with Crippen LogP contribution in [0.4, 0.5) is 5.69 Å². The normalized spacial score (nSPS) is 13.7. The molecule has 0 spiro atoms. The zero-order valence-electron chi connectivity index (χ0n) is 14.5. The molecule has 2 N–H and O–H groups in total. The molecular formula is C19H20N4O2S. The number of aryl methyl sites for hydroxylation is 1. The van der Waals surface area contributed by atoms with Gasteiger partial charge in [0.2, 0.25) is 5.91 Å². The van der Waals surface area contributed by atoms with Crippen molar-refractivity contribution in [2.75, 3.05) is 11.9 Å². The summed E-state index contributed by atoms with van der Waals surface area (Å²) in [7, 11) is 1.97. The molecule has 1 fully saturated rings. The molecule has 26 heavy (non-hydrogen) atoms. The van der Waals surface area contributed by atoms with Crippen LogP contribution in [0.1, 0.15) is 28.3 Å². The van der Waals surface area contributed by atoms with Gasteiger partial charge in [-0.1, -0.05) is 6.07 Å². The van der Waals surface area contributed by atoms with Gasteiger partial charge in [-0.2, -0.15) is 0 Å². The highest BCUT2D eigenvalue weighted by Crippen LogP contribution is 2.28. The Morgan fingerprint density at radius 1 is 1.31 bits per heavy atom. The van der Waals surface area contributed by atoms with Gasteiger partial charge >= 0.3 is 0 Å². The number of rotatable bonds is 6. The van der Waals surface area contributed by atoms with Crippen LogP contribution in [0, 0.1) is 5.92 Å². The third-order valence-corrected chi connectivity index (χ3v) is 5.44. The fourth-order valence-electron chi connectivity index (χ4n) is 2.94. The Balaban J connectivity index is 1.45. The van der Waals surface area contributed by atoms with E-state index in [1.54, 1.807) is 6.07 Å². The van der Waals surface area contributed by atoms with Crippen LogP contribution in [-0.4, -0.2) is 27.9 Å². The first-order valence-corrected chi connectivity index (χ1v) is 9.58. The number of amides is 2. The Hall–Kier alpha value is -2.67. The average Bonchev–Trinajstić information content (AvgIpc) is 3.25. The molecule has 2 heterocycles. The summed E-state index contributed by atoms with van der Waals surface area (Å²) in [5, 5.41) is 7.76. The Bertz CT molecular complexity index is 957. The van der Waals surface area contributed by atoms with E-state index in [2.05, 4.69) is 15.6 Å². The molecule has 0 radical (unpaired) electrons. The maximum Gasteiger partial charge on any atom is 0.265 e. The molecule has 3 aromatic rings. The van der Waals surface area contributed by atoms with Crippen LogP contribution in [0.2, 0.25) is 0 Å². The lowest BCUT2D eigenvalue weighted by Gasteiger charge is -2.05. The average molecular weight is 368 g/mol. The fourth-order valence-corrected chi connectivity index (χ4v) is 3.56. The SMILES string of the molecule is Cn1c(CCNC(=O)C2CC2)nc2cc(NC(=O)c3cccs3)ccc21. The van der Waals surface area contributed by atoms with Gasteiger partial charge in [0.15, 0.2) is 0 Å². The molecular weight excluding hydrogens is 348 g/mol. The third-order valence-electron chi connectivity index (χ3n) is 4.57. The van der Waals surface area contributed by atoms with E-state index in [4.69, 9.17) is 0 Å². The topological polar surface area (TPSA) is 76.0 Å². The van der Waals surface area contributed by atoms with Crippen molar-refractivity contribution in [3.05, 3.63) is 46.4 Å². The first kappa shape index (κ1) is 16.8. The maximum atomic E-state index is 12.2. The van der Waals surface area contributed by atoms with E-state index < -0.39 is 0 Å². The van der Waals surface area contributed by atoms with Crippen LogP contribution in [0.5, 0.6) is 0 Å². The number of nitrogens with zero attached hydrogens (tertiary/aromatic N) is 2. The Kier molecular flexibility index (Phi) is 4.46. The Morgan fingerprint density at radius 2 is 2.15 bits per heavy atom. The first-order valence-electron chi connectivity index (χ1n) is 8.70. The zero-order valence-corrected chi connectivity index (χ0v) is 15.3. The van der Waals surface area contributed by atoms with E-state index in [-0.39, 0.29) is 17.7 Å². The lowest BCUT2D eigenvalue weighted by molar-refractivity contribution is -0.122. The predicted octanol–water partition coefficient (Wildman–Crippen LogP) is 2.96. The van der Waals surface area contributed by atoms with Gasteiger partial charge in [-0.3, -0.25) is 9.59 Å². The van der Waals surface area contributed by atoms with Crippen LogP contribution in [-0.2, 0) is 18.3 Å². The number of thiophene rings is 1. The van der Waals surface area contributed by atoms with Crippen LogP contribution in [0.15, 0.2) is 35.7 Å². The summed E-state index contributed by atoms with van der Waals surface area (Å²) in [6, 6.07) is 9.38. The van der Waals surface area contributed by atoms with Crippen molar-refractivity contribution in [2.24, 2.45) is 13.0 Å². The van der Waals surface area contributed by atoms with Gasteiger partial charge in [-0.05, 0) is 42.5 Å². The number of carbonyl (C=O) groups excluding carboxylic acids is 2. The predicted molar refractivity (Wildman–Crippen MR) is 102 cm³/mol. The third kappa shape index (κ3) is 3.48. The quantitative estimate of drug-likeness (QED) is 0.702. The molecule has 134 valence electrons. The highest BCUT2D eigenvalue weighted by Gasteiger charge is 2.29. The van der Waals surface area contributed by atoms with Crippen LogP contribution in [0.3, 0.4) is 0 Å². The van der Waals surface area contributed by atoms with Gasteiger partial charge in [0, 0.05) is 31.6 Å². The maximum absolute atomic E-state index is 12.2. The van der Waals surface area contributed by atoms with Gasteiger partial charge in [0.05, 0.1) is 15.9 Å². The van der Waals surface area contributed by atoms with Crippen molar-refractivity contribution < 1.29 is 9.59 Å². The number of imidazole rings is 1. The molecule has 0 saturated heterocycles. The zero-order chi connectivity index (χ0) is 18.1. The molecule has 2 aromatic heterocycles. The van der Waals surface area contributed by atoms with E-state index in [1.807, 2.05) is 41.3 Å². The van der Waals surface area contributed by atoms with Gasteiger partial charge < -0.3 is 15.2 Å². The molecule has 7 heteroatoms. The first-order chi connectivity index (χ1) is 12.6. The summed E-state index contributed by atoms with van der Waals surface area (Å²) in [5.41, 5.74) is 2.56. The summed E-state index contributed by atoms with van der Waals surface area (Å²) in [5.74, 6) is 1.18. The summed E-state index contributed by atoms with van der Waals surface area (Å²) >= 11 is 1.41. The number of nitrogens with one attached hydrogen (secondary N) is 2. The van der Waals surface area contributed by atoms with Crippen molar-refractivity contribution >= 4 is 39.9 Å². The Labute approximate surface area is 155 Å². The molecule has 2 amide bonds. The molecule has 0 bridgehead atoms. The fraction of sp³-hybridized carbons (Fsp3) is 0.316. The van der Waals surface area contributed by atoms with E-state index in [9.17, 15) is 9.59 Å². The largest absolute Gasteiger partial charge is 0.355 e. The molecule has 1 aliphatic rings. The van der Waals surface area contributed by atoms with Crippen molar-refractivity contribution in [1.82, 2.24) is 14.9 Å². The lowest BCUT2D eigenvalue weighted by atomic mass is 10.2. The number of hydrogen-bond donors (Lipinski definition) is 2. The van der Waals surface area contributed by atoms with E-state index >= 15 is 0 Å². The molecule has 4 rings (SSSR count). The molecule has 1 aromatic carbocycles. The van der Waals surface area contributed by atoms with Crippen molar-refractivity contribution in [2.45, 2.75) is 19.3 Å². The second-order valence-electron chi connectivity index (χ2n) is 6.54. The van der Waals surface area contributed by atoms with Gasteiger partial charge in [-0.15, -0.1) is 11.3 Å². The molecule has 0 unspecified atom stereocenters. The van der Waals surface area contributed by atoms with E-state index in [1.165, 1.54) is 11.3 Å². The van der Waals surface area contributed by atoms with Crippen LogP contribution < -0.4 is 10.6 Å². The van der Waals surface area contributed by atoms with Gasteiger partial charge in [-0.25, -0.2) is 4.98 Å². The number of aromatic nitrogens is 2. The number of benzene rings is 1. The summed E-state index contributed by atoms with van der Waals surface area (Å²) < 4.78 is 2.03. The minimum atomic E-state index is -0.113. The van der Waals surface area contributed by atoms with Crippen LogP contribution in [0.25, 0.3) is 11.0 Å². The van der Waals surface area contributed by atoms with Crippen molar-refractivity contribution in [3.8, 4) is 0 Å². The summed E-state index contributed by atoms with van der Waals surface area (Å²) in [6.45, 7) is 0.592. The van der Waals surface area contributed by atoms with E-state index in [0.717, 1.165) is 35.4 Å². The number of carbonyl (C=O) groups is 2. The Morgan fingerprint density at radius 3 is 2.88 bits per heavy atom. The molecule has 1 saturated carbocycles. The second kappa shape index (κ2) is 6.92.